The lowest BCUT2D eigenvalue weighted by Gasteiger charge is -2.40. The molecule has 1 aromatic carbocycles. The van der Waals surface area contributed by atoms with E-state index in [2.05, 4.69) is 38.1 Å². The zero-order valence-electron chi connectivity index (χ0n) is 14.8. The first kappa shape index (κ1) is 16.3. The van der Waals surface area contributed by atoms with Crippen LogP contribution < -0.4 is 0 Å². The number of hydrogen-bond acceptors (Lipinski definition) is 3. The number of nitrogens with zero attached hydrogens (tertiary/aromatic N) is 1. The summed E-state index contributed by atoms with van der Waals surface area (Å²) in [5.74, 6) is 0. The summed E-state index contributed by atoms with van der Waals surface area (Å²) in [5, 5.41) is 0. The normalized spacial score (nSPS) is 22.0. The van der Waals surface area contributed by atoms with E-state index in [1.165, 1.54) is 11.1 Å². The fourth-order valence-electron chi connectivity index (χ4n) is 3.75. The van der Waals surface area contributed by atoms with Gasteiger partial charge in [0.2, 0.25) is 0 Å². The number of carbonyl (C=O) groups excluding carboxylic acids is 1. The molecule has 0 bridgehead atoms. The van der Waals surface area contributed by atoms with Crippen LogP contribution in [0, 0.1) is 0 Å². The van der Waals surface area contributed by atoms with Crippen molar-refractivity contribution in [2.75, 3.05) is 13.1 Å². The summed E-state index contributed by atoms with van der Waals surface area (Å²) in [4.78, 5) is 14.1. The van der Waals surface area contributed by atoms with Gasteiger partial charge in [-0.15, -0.1) is 0 Å². The van der Waals surface area contributed by atoms with Crippen molar-refractivity contribution in [3.05, 3.63) is 35.4 Å². The van der Waals surface area contributed by atoms with Crippen molar-refractivity contribution in [1.82, 2.24) is 4.90 Å². The lowest BCUT2D eigenvalue weighted by atomic mass is 9.82. The smallest absolute Gasteiger partial charge is 0.410 e. The minimum atomic E-state index is -0.454. The van der Waals surface area contributed by atoms with E-state index in [4.69, 9.17) is 9.47 Å². The number of ether oxygens (including phenoxy) is 2. The molecule has 1 spiro atoms. The molecule has 126 valence electrons. The van der Waals surface area contributed by atoms with Crippen LogP contribution in [0.25, 0.3) is 0 Å². The van der Waals surface area contributed by atoms with Crippen LogP contribution in [0.15, 0.2) is 24.3 Å². The molecule has 0 N–H and O–H groups in total. The van der Waals surface area contributed by atoms with Gasteiger partial charge < -0.3 is 14.4 Å². The highest BCUT2D eigenvalue weighted by Gasteiger charge is 2.50. The number of piperidine rings is 1. The molecule has 23 heavy (non-hydrogen) atoms. The van der Waals surface area contributed by atoms with Gasteiger partial charge in [-0.1, -0.05) is 24.3 Å². The van der Waals surface area contributed by atoms with E-state index in [0.717, 1.165) is 12.8 Å². The molecule has 0 unspecified atom stereocenters. The van der Waals surface area contributed by atoms with Crippen LogP contribution >= 0.6 is 0 Å². The van der Waals surface area contributed by atoms with Gasteiger partial charge in [-0.05, 0) is 58.6 Å². The van der Waals surface area contributed by atoms with Gasteiger partial charge in [-0.3, -0.25) is 0 Å². The van der Waals surface area contributed by atoms with Crippen molar-refractivity contribution >= 4 is 6.09 Å². The molecule has 1 saturated heterocycles. The summed E-state index contributed by atoms with van der Waals surface area (Å²) in [6, 6.07) is 8.47. The topological polar surface area (TPSA) is 38.8 Å². The maximum Gasteiger partial charge on any atom is 0.410 e. The molecule has 1 aromatic rings. The summed E-state index contributed by atoms with van der Waals surface area (Å²) in [6.07, 6.45) is 1.40. The lowest BCUT2D eigenvalue weighted by Crippen LogP contribution is -2.47. The van der Waals surface area contributed by atoms with Gasteiger partial charge in [-0.2, -0.15) is 0 Å². The molecule has 2 aliphatic rings. The second-order valence-corrected chi connectivity index (χ2v) is 8.12. The Labute approximate surface area is 138 Å². The van der Waals surface area contributed by atoms with E-state index in [-0.39, 0.29) is 17.3 Å². The molecule has 0 aromatic heterocycles. The van der Waals surface area contributed by atoms with Crippen LogP contribution in [0.1, 0.15) is 58.6 Å². The van der Waals surface area contributed by atoms with Crippen molar-refractivity contribution in [3.8, 4) is 0 Å². The average molecular weight is 317 g/mol. The molecule has 2 aliphatic heterocycles. The highest BCUT2D eigenvalue weighted by Crippen LogP contribution is 2.51. The van der Waals surface area contributed by atoms with E-state index < -0.39 is 5.60 Å². The van der Waals surface area contributed by atoms with Crippen LogP contribution in [0.2, 0.25) is 0 Å². The van der Waals surface area contributed by atoms with E-state index in [0.29, 0.717) is 13.1 Å². The molecule has 4 heteroatoms. The van der Waals surface area contributed by atoms with Gasteiger partial charge in [0.15, 0.2) is 0 Å². The number of benzene rings is 1. The monoisotopic (exact) mass is 317 g/mol. The Morgan fingerprint density at radius 2 is 1.70 bits per heavy atom. The fourth-order valence-corrected chi connectivity index (χ4v) is 3.75. The van der Waals surface area contributed by atoms with Crippen molar-refractivity contribution in [2.24, 2.45) is 0 Å². The van der Waals surface area contributed by atoms with Crippen molar-refractivity contribution in [2.45, 2.75) is 64.3 Å². The Balaban J connectivity index is 1.76. The first-order chi connectivity index (χ1) is 10.6. The number of carbonyl (C=O) groups is 1. The predicted molar refractivity (Wildman–Crippen MR) is 89.3 cm³/mol. The summed E-state index contributed by atoms with van der Waals surface area (Å²) < 4.78 is 12.0. The fraction of sp³-hybridized carbons (Fsp3) is 0.632. The SMILES string of the molecule is CC(C)(C)OC(=O)N1CCC2(CC1)OC(C)(C)c1ccccc12. The van der Waals surface area contributed by atoms with E-state index in [1.807, 2.05) is 20.8 Å². The minimum absolute atomic E-state index is 0.224. The maximum atomic E-state index is 12.3. The van der Waals surface area contributed by atoms with Crippen LogP contribution in [-0.2, 0) is 20.7 Å². The van der Waals surface area contributed by atoms with Crippen LogP contribution in [-0.4, -0.2) is 29.7 Å². The molecule has 1 fully saturated rings. The molecule has 0 atom stereocenters. The standard InChI is InChI=1S/C19H27NO3/c1-17(2,3)22-16(21)20-12-10-19(11-13-20)15-9-7-6-8-14(15)18(4,5)23-19/h6-9H,10-13H2,1-5H3. The van der Waals surface area contributed by atoms with Crippen molar-refractivity contribution in [1.29, 1.82) is 0 Å². The Morgan fingerprint density at radius 1 is 1.13 bits per heavy atom. The number of amides is 1. The molecular formula is C19H27NO3. The van der Waals surface area contributed by atoms with Gasteiger partial charge >= 0.3 is 6.09 Å². The van der Waals surface area contributed by atoms with Gasteiger partial charge in [0.05, 0.1) is 11.2 Å². The third kappa shape index (κ3) is 2.97. The summed E-state index contributed by atoms with van der Waals surface area (Å²) >= 11 is 0. The van der Waals surface area contributed by atoms with E-state index in [1.54, 1.807) is 4.90 Å². The van der Waals surface area contributed by atoms with E-state index in [9.17, 15) is 4.79 Å². The Kier molecular flexibility index (Phi) is 3.71. The quantitative estimate of drug-likeness (QED) is 0.720. The second-order valence-electron chi connectivity index (χ2n) is 8.12. The molecular weight excluding hydrogens is 290 g/mol. The molecule has 0 radical (unpaired) electrons. The van der Waals surface area contributed by atoms with Crippen LogP contribution in [0.3, 0.4) is 0 Å². The third-order valence-corrected chi connectivity index (χ3v) is 4.74. The minimum Gasteiger partial charge on any atom is -0.444 e. The first-order valence-corrected chi connectivity index (χ1v) is 8.41. The van der Waals surface area contributed by atoms with Crippen LogP contribution in [0.5, 0.6) is 0 Å². The average Bonchev–Trinajstić information content (AvgIpc) is 2.66. The van der Waals surface area contributed by atoms with E-state index >= 15 is 0 Å². The van der Waals surface area contributed by atoms with Crippen molar-refractivity contribution in [3.63, 3.8) is 0 Å². The summed E-state index contributed by atoms with van der Waals surface area (Å²) in [5.41, 5.74) is 1.56. The molecule has 2 heterocycles. The Hall–Kier alpha value is -1.55. The predicted octanol–water partition coefficient (Wildman–Crippen LogP) is 4.18. The van der Waals surface area contributed by atoms with Gasteiger partial charge in [0.1, 0.15) is 5.60 Å². The van der Waals surface area contributed by atoms with Crippen molar-refractivity contribution < 1.29 is 14.3 Å². The Morgan fingerprint density at radius 3 is 2.26 bits per heavy atom. The number of hydrogen-bond donors (Lipinski definition) is 0. The maximum absolute atomic E-state index is 12.3. The highest BCUT2D eigenvalue weighted by atomic mass is 16.6. The van der Waals surface area contributed by atoms with Gasteiger partial charge in [0.25, 0.3) is 0 Å². The number of rotatable bonds is 0. The van der Waals surface area contributed by atoms with Gasteiger partial charge in [0, 0.05) is 13.1 Å². The zero-order valence-corrected chi connectivity index (χ0v) is 14.8. The lowest BCUT2D eigenvalue weighted by molar-refractivity contribution is -0.148. The molecule has 0 aliphatic carbocycles. The summed E-state index contributed by atoms with van der Waals surface area (Å²) in [6.45, 7) is 11.3. The number of fused-ring (bicyclic) bond motifs is 2. The van der Waals surface area contributed by atoms with Crippen LogP contribution in [0.4, 0.5) is 4.79 Å². The van der Waals surface area contributed by atoms with Gasteiger partial charge in [-0.25, -0.2) is 4.79 Å². The Bertz CT molecular complexity index is 607. The highest BCUT2D eigenvalue weighted by molar-refractivity contribution is 5.68. The largest absolute Gasteiger partial charge is 0.444 e. The molecule has 1 amide bonds. The third-order valence-electron chi connectivity index (χ3n) is 4.74. The molecule has 3 rings (SSSR count). The zero-order chi connectivity index (χ0) is 16.9. The number of likely N-dealkylation sites (tertiary alicyclic amines) is 1. The first-order valence-electron chi connectivity index (χ1n) is 8.41. The second kappa shape index (κ2) is 5.23. The molecule has 0 saturated carbocycles. The summed E-state index contributed by atoms with van der Waals surface area (Å²) in [7, 11) is 0. The molecule has 4 nitrogen and oxygen atoms in total.